The lowest BCUT2D eigenvalue weighted by atomic mass is 10.0. The highest BCUT2D eigenvalue weighted by Gasteiger charge is 2.28. The number of nitrogens with zero attached hydrogens (tertiary/aromatic N) is 1. The van der Waals surface area contributed by atoms with Gasteiger partial charge in [0.25, 0.3) is 0 Å². The van der Waals surface area contributed by atoms with E-state index in [0.29, 0.717) is 31.0 Å². The number of carbonyl (C=O) groups excluding carboxylic acids is 1. The second-order valence-electron chi connectivity index (χ2n) is 6.51. The van der Waals surface area contributed by atoms with Crippen molar-refractivity contribution in [2.75, 3.05) is 33.9 Å². The van der Waals surface area contributed by atoms with Gasteiger partial charge in [-0.1, -0.05) is 29.8 Å². The van der Waals surface area contributed by atoms with E-state index in [1.165, 1.54) is 0 Å². The normalized spacial score (nSPS) is 16.2. The number of aryl methyl sites for hydroxylation is 1. The number of methoxy groups -OCH3 is 2. The average Bonchev–Trinajstić information content (AvgIpc) is 2.72. The molecule has 2 aromatic rings. The molecule has 2 aromatic carbocycles. The lowest BCUT2D eigenvalue weighted by molar-refractivity contribution is -0.134. The fourth-order valence-corrected chi connectivity index (χ4v) is 3.75. The Bertz CT molecular complexity index is 801. The van der Waals surface area contributed by atoms with E-state index >= 15 is 0 Å². The van der Waals surface area contributed by atoms with Crippen LogP contribution in [0.1, 0.15) is 23.6 Å². The fourth-order valence-electron chi connectivity index (χ4n) is 3.49. The fraction of sp³-hybridized carbons (Fsp3) is 0.381. The van der Waals surface area contributed by atoms with Crippen molar-refractivity contribution in [3.63, 3.8) is 0 Å². The van der Waals surface area contributed by atoms with E-state index < -0.39 is 0 Å². The summed E-state index contributed by atoms with van der Waals surface area (Å²) in [5.41, 5.74) is 1.95. The SMILES string of the molecule is COc1ccc(OC)c(CCC(=O)N2CCNCC2c2ccccc2Cl)c1.Cl. The smallest absolute Gasteiger partial charge is 0.223 e. The molecule has 0 radical (unpaired) electrons. The molecular weight excluding hydrogens is 399 g/mol. The molecule has 1 aliphatic heterocycles. The lowest BCUT2D eigenvalue weighted by Gasteiger charge is -2.37. The zero-order valence-electron chi connectivity index (χ0n) is 16.1. The van der Waals surface area contributed by atoms with Crippen molar-refractivity contribution >= 4 is 29.9 Å². The molecule has 1 saturated heterocycles. The summed E-state index contributed by atoms with van der Waals surface area (Å²) in [5.74, 6) is 1.65. The predicted octanol–water partition coefficient (Wildman–Crippen LogP) is 3.88. The standard InChI is InChI=1S/C21H25ClN2O3.ClH/c1-26-16-8-9-20(27-2)15(13-16)7-10-21(25)24-12-11-23-14-19(24)17-5-3-4-6-18(17)22;/h3-6,8-9,13,19,23H,7,10-12,14H2,1-2H3;1H. The number of carbonyl (C=O) groups is 1. The molecule has 1 aliphatic rings. The number of nitrogens with one attached hydrogen (secondary N) is 1. The number of ether oxygens (including phenoxy) is 2. The van der Waals surface area contributed by atoms with Crippen molar-refractivity contribution in [1.29, 1.82) is 0 Å². The highest BCUT2D eigenvalue weighted by Crippen LogP contribution is 2.30. The molecule has 1 N–H and O–H groups in total. The minimum Gasteiger partial charge on any atom is -0.497 e. The number of halogens is 2. The van der Waals surface area contributed by atoms with Gasteiger partial charge in [0.15, 0.2) is 0 Å². The van der Waals surface area contributed by atoms with E-state index in [9.17, 15) is 4.79 Å². The molecule has 7 heteroatoms. The highest BCUT2D eigenvalue weighted by atomic mass is 35.5. The predicted molar refractivity (Wildman–Crippen MR) is 114 cm³/mol. The van der Waals surface area contributed by atoms with Gasteiger partial charge in [-0.15, -0.1) is 12.4 Å². The van der Waals surface area contributed by atoms with Gasteiger partial charge in [-0.25, -0.2) is 0 Å². The van der Waals surface area contributed by atoms with Crippen LogP contribution in [0.4, 0.5) is 0 Å². The maximum Gasteiger partial charge on any atom is 0.223 e. The summed E-state index contributed by atoms with van der Waals surface area (Å²) in [5, 5.41) is 4.06. The first-order valence-electron chi connectivity index (χ1n) is 9.09. The molecule has 1 heterocycles. The largest absolute Gasteiger partial charge is 0.497 e. The topological polar surface area (TPSA) is 50.8 Å². The van der Waals surface area contributed by atoms with Crippen LogP contribution in [0.2, 0.25) is 5.02 Å². The molecule has 3 rings (SSSR count). The molecule has 1 unspecified atom stereocenters. The second-order valence-corrected chi connectivity index (χ2v) is 6.91. The van der Waals surface area contributed by atoms with Crippen molar-refractivity contribution in [2.45, 2.75) is 18.9 Å². The molecule has 0 spiro atoms. The number of amides is 1. The van der Waals surface area contributed by atoms with Crippen LogP contribution >= 0.6 is 24.0 Å². The van der Waals surface area contributed by atoms with E-state index in [0.717, 1.165) is 29.2 Å². The van der Waals surface area contributed by atoms with E-state index in [-0.39, 0.29) is 24.4 Å². The first-order valence-corrected chi connectivity index (χ1v) is 9.47. The Morgan fingerprint density at radius 1 is 1.21 bits per heavy atom. The van der Waals surface area contributed by atoms with Gasteiger partial charge in [0.1, 0.15) is 11.5 Å². The van der Waals surface area contributed by atoms with E-state index in [1.54, 1.807) is 14.2 Å². The zero-order chi connectivity index (χ0) is 19.2. The van der Waals surface area contributed by atoms with E-state index in [4.69, 9.17) is 21.1 Å². The van der Waals surface area contributed by atoms with Crippen LogP contribution in [0.25, 0.3) is 0 Å². The number of hydrogen-bond donors (Lipinski definition) is 1. The summed E-state index contributed by atoms with van der Waals surface area (Å²) in [6.07, 6.45) is 1.00. The monoisotopic (exact) mass is 424 g/mol. The van der Waals surface area contributed by atoms with Crippen LogP contribution in [0.3, 0.4) is 0 Å². The van der Waals surface area contributed by atoms with Crippen molar-refractivity contribution < 1.29 is 14.3 Å². The molecule has 0 bridgehead atoms. The van der Waals surface area contributed by atoms with Gasteiger partial charge >= 0.3 is 0 Å². The molecule has 1 amide bonds. The van der Waals surface area contributed by atoms with Crippen molar-refractivity contribution in [3.05, 3.63) is 58.6 Å². The van der Waals surface area contributed by atoms with Crippen molar-refractivity contribution in [2.24, 2.45) is 0 Å². The number of hydrogen-bond acceptors (Lipinski definition) is 4. The molecule has 152 valence electrons. The molecule has 0 aliphatic carbocycles. The van der Waals surface area contributed by atoms with Gasteiger partial charge in [-0.05, 0) is 41.8 Å². The molecule has 1 fully saturated rings. The first kappa shape index (κ1) is 22.3. The average molecular weight is 425 g/mol. The third kappa shape index (κ3) is 5.10. The third-order valence-corrected chi connectivity index (χ3v) is 5.27. The Kier molecular flexibility index (Phi) is 8.42. The lowest BCUT2D eigenvalue weighted by Crippen LogP contribution is -2.48. The molecule has 1 atom stereocenters. The third-order valence-electron chi connectivity index (χ3n) is 4.92. The van der Waals surface area contributed by atoms with Crippen LogP contribution in [0, 0.1) is 0 Å². The second kappa shape index (κ2) is 10.6. The summed E-state index contributed by atoms with van der Waals surface area (Å²) in [7, 11) is 3.27. The summed E-state index contributed by atoms with van der Waals surface area (Å²) in [6, 6.07) is 13.3. The van der Waals surface area contributed by atoms with Gasteiger partial charge in [-0.2, -0.15) is 0 Å². The Labute approximate surface area is 177 Å². The van der Waals surface area contributed by atoms with Crippen molar-refractivity contribution in [1.82, 2.24) is 10.2 Å². The van der Waals surface area contributed by atoms with Crippen LogP contribution in [0.5, 0.6) is 11.5 Å². The minimum absolute atomic E-state index is 0. The minimum atomic E-state index is -0.0489. The molecule has 0 saturated carbocycles. The van der Waals surface area contributed by atoms with Gasteiger partial charge in [-0.3, -0.25) is 4.79 Å². The number of benzene rings is 2. The molecule has 0 aromatic heterocycles. The highest BCUT2D eigenvalue weighted by molar-refractivity contribution is 6.31. The molecule has 5 nitrogen and oxygen atoms in total. The quantitative estimate of drug-likeness (QED) is 0.763. The van der Waals surface area contributed by atoms with Gasteiger partial charge in [0.05, 0.1) is 20.3 Å². The summed E-state index contributed by atoms with van der Waals surface area (Å²) < 4.78 is 10.7. The van der Waals surface area contributed by atoms with Gasteiger partial charge in [0, 0.05) is 31.1 Å². The van der Waals surface area contributed by atoms with Crippen LogP contribution < -0.4 is 14.8 Å². The van der Waals surface area contributed by atoms with Crippen molar-refractivity contribution in [3.8, 4) is 11.5 Å². The number of rotatable bonds is 6. The summed E-state index contributed by atoms with van der Waals surface area (Å²) in [6.45, 7) is 2.16. The molecule has 28 heavy (non-hydrogen) atoms. The number of piperazine rings is 1. The van der Waals surface area contributed by atoms with Crippen LogP contribution in [-0.2, 0) is 11.2 Å². The Hall–Kier alpha value is -1.95. The Morgan fingerprint density at radius 3 is 2.71 bits per heavy atom. The zero-order valence-corrected chi connectivity index (χ0v) is 17.7. The maximum atomic E-state index is 13.0. The van der Waals surface area contributed by atoms with Gasteiger partial charge in [0.2, 0.25) is 5.91 Å². The summed E-state index contributed by atoms with van der Waals surface area (Å²) in [4.78, 5) is 14.9. The Morgan fingerprint density at radius 2 is 2.00 bits per heavy atom. The Balaban J connectivity index is 0.00000280. The van der Waals surface area contributed by atoms with Crippen LogP contribution in [0.15, 0.2) is 42.5 Å². The van der Waals surface area contributed by atoms with E-state index in [1.807, 2.05) is 47.4 Å². The molecular formula is C21H26Cl2N2O3. The van der Waals surface area contributed by atoms with E-state index in [2.05, 4.69) is 5.32 Å². The first-order chi connectivity index (χ1) is 13.1. The maximum absolute atomic E-state index is 13.0. The summed E-state index contributed by atoms with van der Waals surface area (Å²) >= 11 is 6.38. The van der Waals surface area contributed by atoms with Crippen LogP contribution in [-0.4, -0.2) is 44.7 Å². The van der Waals surface area contributed by atoms with Gasteiger partial charge < -0.3 is 19.7 Å².